The second-order valence-electron chi connectivity index (χ2n) is 7.57. The molecular formula is C17H30O4Si. The highest BCUT2D eigenvalue weighted by Gasteiger charge is 2.44. The van der Waals surface area contributed by atoms with Crippen molar-refractivity contribution in [3.8, 4) is 0 Å². The molecule has 126 valence electrons. The van der Waals surface area contributed by atoms with E-state index in [1.54, 1.807) is 6.92 Å². The van der Waals surface area contributed by atoms with Crippen molar-refractivity contribution in [3.05, 3.63) is 11.8 Å². The molecular weight excluding hydrogens is 296 g/mol. The van der Waals surface area contributed by atoms with Gasteiger partial charge in [-0.1, -0.05) is 27.7 Å². The van der Waals surface area contributed by atoms with Gasteiger partial charge in [-0.05, 0) is 37.6 Å². The molecule has 0 N–H and O–H groups in total. The summed E-state index contributed by atoms with van der Waals surface area (Å²) in [5, 5.41) is 0.0918. The third kappa shape index (κ3) is 4.00. The van der Waals surface area contributed by atoms with Gasteiger partial charge in [0.25, 0.3) is 0 Å². The smallest absolute Gasteiger partial charge is 0.310 e. The summed E-state index contributed by atoms with van der Waals surface area (Å²) < 4.78 is 11.5. The van der Waals surface area contributed by atoms with E-state index in [2.05, 4.69) is 33.9 Å². The van der Waals surface area contributed by atoms with Crippen molar-refractivity contribution in [3.63, 3.8) is 0 Å². The zero-order chi connectivity index (χ0) is 17.1. The molecule has 4 nitrogen and oxygen atoms in total. The molecule has 0 saturated heterocycles. The normalized spacial score (nSPS) is 26.1. The van der Waals surface area contributed by atoms with E-state index >= 15 is 0 Å². The Morgan fingerprint density at radius 2 is 2.00 bits per heavy atom. The molecule has 0 spiro atoms. The summed E-state index contributed by atoms with van der Waals surface area (Å²) in [6, 6.07) is 0. The van der Waals surface area contributed by atoms with Crippen LogP contribution in [0.1, 0.15) is 41.0 Å². The molecule has 0 aliphatic heterocycles. The lowest BCUT2D eigenvalue weighted by Gasteiger charge is -2.41. The van der Waals surface area contributed by atoms with Gasteiger partial charge in [0.1, 0.15) is 6.29 Å². The SMILES string of the molecule is CCOC(=O)[C@H]1[C@H](C=O)CC=C(O[Si](C)(C)C(C)(C)C)[C@H]1C. The monoisotopic (exact) mass is 326 g/mol. The fourth-order valence-electron chi connectivity index (χ4n) is 2.47. The van der Waals surface area contributed by atoms with Crippen LogP contribution in [0.3, 0.4) is 0 Å². The molecule has 1 aliphatic rings. The molecule has 0 bridgehead atoms. The molecule has 1 rings (SSSR count). The largest absolute Gasteiger partial charge is 0.547 e. The van der Waals surface area contributed by atoms with Gasteiger partial charge in [-0.15, -0.1) is 0 Å². The van der Waals surface area contributed by atoms with Gasteiger partial charge in [-0.3, -0.25) is 4.79 Å². The van der Waals surface area contributed by atoms with Gasteiger partial charge in [-0.2, -0.15) is 0 Å². The molecule has 0 radical (unpaired) electrons. The number of carbonyl (C=O) groups is 2. The zero-order valence-corrected chi connectivity index (χ0v) is 15.9. The first-order chi connectivity index (χ1) is 10.0. The van der Waals surface area contributed by atoms with Crippen molar-refractivity contribution in [1.82, 2.24) is 0 Å². The van der Waals surface area contributed by atoms with Gasteiger partial charge in [0, 0.05) is 11.8 Å². The average molecular weight is 327 g/mol. The Labute approximate surface area is 135 Å². The van der Waals surface area contributed by atoms with Crippen LogP contribution in [-0.4, -0.2) is 27.2 Å². The van der Waals surface area contributed by atoms with Crippen LogP contribution in [-0.2, 0) is 18.8 Å². The summed E-state index contributed by atoms with van der Waals surface area (Å²) >= 11 is 0. The second-order valence-corrected chi connectivity index (χ2v) is 12.3. The number of hydrogen-bond acceptors (Lipinski definition) is 4. The maximum absolute atomic E-state index is 12.2. The van der Waals surface area contributed by atoms with E-state index in [-0.39, 0.29) is 22.8 Å². The lowest BCUT2D eigenvalue weighted by molar-refractivity contribution is -0.153. The Morgan fingerprint density at radius 3 is 2.45 bits per heavy atom. The van der Waals surface area contributed by atoms with E-state index in [9.17, 15) is 9.59 Å². The summed E-state index contributed by atoms with van der Waals surface area (Å²) in [4.78, 5) is 23.5. The maximum Gasteiger partial charge on any atom is 0.310 e. The van der Waals surface area contributed by atoms with Crippen molar-refractivity contribution < 1.29 is 18.8 Å². The Kier molecular flexibility index (Phi) is 6.01. The van der Waals surface area contributed by atoms with Crippen LogP contribution in [0.4, 0.5) is 0 Å². The summed E-state index contributed by atoms with van der Waals surface area (Å²) in [7, 11) is -1.96. The number of allylic oxidation sites excluding steroid dienone is 2. The molecule has 0 aromatic rings. The topological polar surface area (TPSA) is 52.6 Å². The van der Waals surface area contributed by atoms with Crippen LogP contribution in [0.25, 0.3) is 0 Å². The summed E-state index contributed by atoms with van der Waals surface area (Å²) in [5.41, 5.74) is 0. The number of rotatable bonds is 5. The van der Waals surface area contributed by atoms with Crippen molar-refractivity contribution in [1.29, 1.82) is 0 Å². The fourth-order valence-corrected chi connectivity index (χ4v) is 3.64. The van der Waals surface area contributed by atoms with E-state index < -0.39 is 14.2 Å². The van der Waals surface area contributed by atoms with Gasteiger partial charge in [0.05, 0.1) is 18.3 Å². The predicted octanol–water partition coefficient (Wildman–Crippen LogP) is 3.93. The molecule has 0 amide bonds. The van der Waals surface area contributed by atoms with Crippen LogP contribution < -0.4 is 0 Å². The van der Waals surface area contributed by atoms with Crippen LogP contribution in [0.2, 0.25) is 18.1 Å². The van der Waals surface area contributed by atoms with Gasteiger partial charge >= 0.3 is 5.97 Å². The molecule has 5 heteroatoms. The van der Waals surface area contributed by atoms with Crippen LogP contribution >= 0.6 is 0 Å². The van der Waals surface area contributed by atoms with Gasteiger partial charge < -0.3 is 14.0 Å². The maximum atomic E-state index is 12.2. The zero-order valence-electron chi connectivity index (χ0n) is 14.9. The summed E-state index contributed by atoms with van der Waals surface area (Å²) in [6.07, 6.45) is 3.40. The van der Waals surface area contributed by atoms with E-state index in [1.807, 2.05) is 13.0 Å². The number of aldehydes is 1. The Hall–Kier alpha value is -1.10. The van der Waals surface area contributed by atoms with E-state index in [4.69, 9.17) is 9.16 Å². The number of ether oxygens (including phenoxy) is 1. The van der Waals surface area contributed by atoms with Crippen molar-refractivity contribution in [2.24, 2.45) is 17.8 Å². The van der Waals surface area contributed by atoms with Gasteiger partial charge in [0.2, 0.25) is 8.32 Å². The molecule has 0 fully saturated rings. The molecule has 0 aromatic carbocycles. The number of carbonyl (C=O) groups excluding carboxylic acids is 2. The fraction of sp³-hybridized carbons (Fsp3) is 0.765. The molecule has 22 heavy (non-hydrogen) atoms. The number of esters is 1. The van der Waals surface area contributed by atoms with Crippen LogP contribution in [0, 0.1) is 17.8 Å². The van der Waals surface area contributed by atoms with E-state index in [1.165, 1.54) is 0 Å². The van der Waals surface area contributed by atoms with Crippen molar-refractivity contribution >= 4 is 20.6 Å². The first-order valence-electron chi connectivity index (χ1n) is 8.06. The molecule has 0 aromatic heterocycles. The van der Waals surface area contributed by atoms with Gasteiger partial charge in [0.15, 0.2) is 0 Å². The minimum absolute atomic E-state index is 0.0918. The average Bonchev–Trinajstić information content (AvgIpc) is 2.39. The first-order valence-corrected chi connectivity index (χ1v) is 11.0. The highest BCUT2D eigenvalue weighted by atomic mass is 28.4. The quantitative estimate of drug-likeness (QED) is 0.436. The van der Waals surface area contributed by atoms with E-state index in [0.717, 1.165) is 12.0 Å². The molecule has 0 heterocycles. The molecule has 3 atom stereocenters. The molecule has 0 saturated carbocycles. The highest BCUT2D eigenvalue weighted by Crippen LogP contribution is 2.42. The van der Waals surface area contributed by atoms with E-state index in [0.29, 0.717) is 13.0 Å². The van der Waals surface area contributed by atoms with Crippen LogP contribution in [0.5, 0.6) is 0 Å². The first kappa shape index (κ1) is 18.9. The minimum atomic E-state index is -1.96. The lowest BCUT2D eigenvalue weighted by Crippen LogP contribution is -2.44. The minimum Gasteiger partial charge on any atom is -0.547 e. The van der Waals surface area contributed by atoms with Crippen molar-refractivity contribution in [2.75, 3.05) is 6.61 Å². The Morgan fingerprint density at radius 1 is 1.41 bits per heavy atom. The highest BCUT2D eigenvalue weighted by molar-refractivity contribution is 6.74. The number of hydrogen-bond donors (Lipinski definition) is 0. The summed E-state index contributed by atoms with van der Waals surface area (Å²) in [6.45, 7) is 15.0. The van der Waals surface area contributed by atoms with Gasteiger partial charge in [-0.25, -0.2) is 0 Å². The molecule has 1 aliphatic carbocycles. The van der Waals surface area contributed by atoms with Crippen LogP contribution in [0.15, 0.2) is 11.8 Å². The predicted molar refractivity (Wildman–Crippen MR) is 89.8 cm³/mol. The summed E-state index contributed by atoms with van der Waals surface area (Å²) in [5.74, 6) is -0.334. The van der Waals surface area contributed by atoms with Crippen molar-refractivity contribution in [2.45, 2.75) is 59.2 Å². The Bertz CT molecular complexity index is 448. The lowest BCUT2D eigenvalue weighted by atomic mass is 9.76. The Balaban J connectivity index is 3.01. The second kappa shape index (κ2) is 6.98. The standard InChI is InChI=1S/C17H30O4Si/c1-8-20-16(19)15-12(2)14(10-9-13(15)11-18)21-22(6,7)17(3,4)5/h10-13,15H,8-9H2,1-7H3/t12-,13+,15-/m1/s1. The molecule has 0 unspecified atom stereocenters. The third-order valence-electron chi connectivity index (χ3n) is 4.95. The third-order valence-corrected chi connectivity index (χ3v) is 9.31.